The zero-order valence-electron chi connectivity index (χ0n) is 11.6. The molecule has 0 aromatic rings. The van der Waals surface area contributed by atoms with Gasteiger partial charge in [0.1, 0.15) is 0 Å². The molecule has 0 bridgehead atoms. The first kappa shape index (κ1) is 14.9. The second-order valence-corrected chi connectivity index (χ2v) is 5.34. The molecule has 18 heavy (non-hydrogen) atoms. The lowest BCUT2D eigenvalue weighted by atomic mass is 9.81. The van der Waals surface area contributed by atoms with E-state index < -0.39 is 0 Å². The molecule has 3 nitrogen and oxygen atoms in total. The van der Waals surface area contributed by atoms with Gasteiger partial charge in [0.15, 0.2) is 5.78 Å². The Morgan fingerprint density at radius 1 is 1.28 bits per heavy atom. The van der Waals surface area contributed by atoms with Crippen LogP contribution >= 0.6 is 0 Å². The van der Waals surface area contributed by atoms with E-state index in [1.54, 1.807) is 6.92 Å². The molecule has 3 heteroatoms. The molecule has 0 aliphatic heterocycles. The molecule has 1 fully saturated rings. The van der Waals surface area contributed by atoms with Gasteiger partial charge in [-0.15, -0.1) is 0 Å². The number of nitrogens with one attached hydrogen (secondary N) is 1. The van der Waals surface area contributed by atoms with Crippen LogP contribution in [0.15, 0.2) is 12.2 Å². The minimum atomic E-state index is -0.346. The first-order valence-corrected chi connectivity index (χ1v) is 7.05. The van der Waals surface area contributed by atoms with Gasteiger partial charge in [0.2, 0.25) is 5.91 Å². The third-order valence-electron chi connectivity index (χ3n) is 3.62. The fraction of sp³-hybridized carbons (Fsp3) is 0.733. The molecule has 0 aromatic heterocycles. The SMILES string of the molecule is C=C(C)C(=O)C(NC(=O)CCC)C1CCCCC1. The van der Waals surface area contributed by atoms with E-state index in [0.29, 0.717) is 17.9 Å². The number of Topliss-reactive ketones (excluding diaryl/α,β-unsaturated/α-hetero) is 1. The van der Waals surface area contributed by atoms with Crippen molar-refractivity contribution in [2.75, 3.05) is 0 Å². The van der Waals surface area contributed by atoms with Gasteiger partial charge in [-0.25, -0.2) is 0 Å². The van der Waals surface area contributed by atoms with Crippen molar-refractivity contribution in [3.8, 4) is 0 Å². The monoisotopic (exact) mass is 251 g/mol. The van der Waals surface area contributed by atoms with Crippen LogP contribution in [-0.2, 0) is 9.59 Å². The highest BCUT2D eigenvalue weighted by Gasteiger charge is 2.30. The van der Waals surface area contributed by atoms with E-state index in [2.05, 4.69) is 11.9 Å². The summed E-state index contributed by atoms with van der Waals surface area (Å²) < 4.78 is 0. The zero-order chi connectivity index (χ0) is 13.5. The lowest BCUT2D eigenvalue weighted by molar-refractivity contribution is -0.127. The molecular weight excluding hydrogens is 226 g/mol. The highest BCUT2D eigenvalue weighted by molar-refractivity contribution is 6.00. The summed E-state index contributed by atoms with van der Waals surface area (Å²) in [7, 11) is 0. The Labute approximate surface area is 110 Å². The summed E-state index contributed by atoms with van der Waals surface area (Å²) in [4.78, 5) is 23.9. The molecule has 1 aliphatic carbocycles. The van der Waals surface area contributed by atoms with Crippen molar-refractivity contribution in [1.82, 2.24) is 5.32 Å². The van der Waals surface area contributed by atoms with E-state index in [9.17, 15) is 9.59 Å². The Kier molecular flexibility index (Phi) is 6.10. The Balaban J connectivity index is 2.70. The summed E-state index contributed by atoms with van der Waals surface area (Å²) in [5, 5.41) is 2.92. The van der Waals surface area contributed by atoms with Crippen molar-refractivity contribution >= 4 is 11.7 Å². The summed E-state index contributed by atoms with van der Waals surface area (Å²) >= 11 is 0. The predicted octanol–water partition coefficient (Wildman–Crippen LogP) is 3.00. The van der Waals surface area contributed by atoms with Crippen molar-refractivity contribution in [3.05, 3.63) is 12.2 Å². The van der Waals surface area contributed by atoms with Crippen LogP contribution in [0.5, 0.6) is 0 Å². The number of hydrogen-bond donors (Lipinski definition) is 1. The summed E-state index contributed by atoms with van der Waals surface area (Å²) in [6.45, 7) is 7.42. The van der Waals surface area contributed by atoms with Gasteiger partial charge in [-0.05, 0) is 37.7 Å². The molecule has 0 aromatic carbocycles. The molecule has 0 radical (unpaired) electrons. The fourth-order valence-corrected chi connectivity index (χ4v) is 2.60. The molecule has 1 amide bonds. The molecule has 0 spiro atoms. The second-order valence-electron chi connectivity index (χ2n) is 5.34. The van der Waals surface area contributed by atoms with Crippen molar-refractivity contribution in [1.29, 1.82) is 0 Å². The Hall–Kier alpha value is -1.12. The van der Waals surface area contributed by atoms with Crippen LogP contribution in [0.3, 0.4) is 0 Å². The van der Waals surface area contributed by atoms with Gasteiger partial charge in [0, 0.05) is 6.42 Å². The van der Waals surface area contributed by atoms with E-state index in [1.165, 1.54) is 6.42 Å². The van der Waals surface area contributed by atoms with Gasteiger partial charge >= 0.3 is 0 Å². The Morgan fingerprint density at radius 3 is 2.39 bits per heavy atom. The maximum atomic E-state index is 12.2. The van der Waals surface area contributed by atoms with Crippen LogP contribution in [0.2, 0.25) is 0 Å². The van der Waals surface area contributed by atoms with Crippen LogP contribution in [-0.4, -0.2) is 17.7 Å². The molecule has 1 rings (SSSR count). The average Bonchev–Trinajstić information content (AvgIpc) is 2.36. The van der Waals surface area contributed by atoms with E-state index >= 15 is 0 Å². The van der Waals surface area contributed by atoms with Gasteiger partial charge in [0.25, 0.3) is 0 Å². The fourth-order valence-electron chi connectivity index (χ4n) is 2.60. The highest BCUT2D eigenvalue weighted by atomic mass is 16.2. The summed E-state index contributed by atoms with van der Waals surface area (Å²) in [5.41, 5.74) is 0.544. The lowest BCUT2D eigenvalue weighted by Gasteiger charge is -2.30. The molecule has 1 aliphatic rings. The lowest BCUT2D eigenvalue weighted by Crippen LogP contribution is -2.46. The number of ketones is 1. The van der Waals surface area contributed by atoms with Gasteiger partial charge in [-0.1, -0.05) is 32.8 Å². The first-order chi connectivity index (χ1) is 8.56. The number of hydrogen-bond acceptors (Lipinski definition) is 2. The minimum Gasteiger partial charge on any atom is -0.346 e. The second kappa shape index (κ2) is 7.34. The van der Waals surface area contributed by atoms with Crippen LogP contribution in [0.25, 0.3) is 0 Å². The van der Waals surface area contributed by atoms with Crippen molar-refractivity contribution in [2.45, 2.75) is 64.8 Å². The van der Waals surface area contributed by atoms with Crippen LogP contribution < -0.4 is 5.32 Å². The normalized spacial score (nSPS) is 18.1. The molecule has 102 valence electrons. The highest BCUT2D eigenvalue weighted by Crippen LogP contribution is 2.27. The standard InChI is InChI=1S/C15H25NO2/c1-4-8-13(17)16-14(15(18)11(2)3)12-9-6-5-7-10-12/h12,14H,2,4-10H2,1,3H3,(H,16,17). The summed E-state index contributed by atoms with van der Waals surface area (Å²) in [6.07, 6.45) is 6.94. The van der Waals surface area contributed by atoms with E-state index in [-0.39, 0.29) is 17.7 Å². The molecule has 1 saturated carbocycles. The average molecular weight is 251 g/mol. The van der Waals surface area contributed by atoms with Gasteiger partial charge < -0.3 is 5.32 Å². The van der Waals surface area contributed by atoms with Crippen molar-refractivity contribution < 1.29 is 9.59 Å². The third kappa shape index (κ3) is 4.28. The van der Waals surface area contributed by atoms with E-state index in [0.717, 1.165) is 32.1 Å². The van der Waals surface area contributed by atoms with E-state index in [1.807, 2.05) is 6.92 Å². The van der Waals surface area contributed by atoms with Crippen molar-refractivity contribution in [2.24, 2.45) is 5.92 Å². The van der Waals surface area contributed by atoms with Crippen molar-refractivity contribution in [3.63, 3.8) is 0 Å². The molecular formula is C15H25NO2. The van der Waals surface area contributed by atoms with Gasteiger partial charge in [-0.2, -0.15) is 0 Å². The smallest absolute Gasteiger partial charge is 0.220 e. The van der Waals surface area contributed by atoms with Gasteiger partial charge in [0.05, 0.1) is 6.04 Å². The quantitative estimate of drug-likeness (QED) is 0.738. The van der Waals surface area contributed by atoms with Crippen LogP contribution in [0.1, 0.15) is 58.8 Å². The maximum Gasteiger partial charge on any atom is 0.220 e. The third-order valence-corrected chi connectivity index (χ3v) is 3.62. The largest absolute Gasteiger partial charge is 0.346 e. The predicted molar refractivity (Wildman–Crippen MR) is 73.2 cm³/mol. The zero-order valence-corrected chi connectivity index (χ0v) is 11.6. The Bertz CT molecular complexity index is 316. The molecule has 1 unspecified atom stereocenters. The molecule has 1 atom stereocenters. The summed E-state index contributed by atoms with van der Waals surface area (Å²) in [6, 6.07) is -0.346. The molecule has 1 N–H and O–H groups in total. The first-order valence-electron chi connectivity index (χ1n) is 7.05. The number of rotatable bonds is 6. The Morgan fingerprint density at radius 2 is 1.89 bits per heavy atom. The van der Waals surface area contributed by atoms with Gasteiger partial charge in [-0.3, -0.25) is 9.59 Å². The summed E-state index contributed by atoms with van der Waals surface area (Å²) in [5.74, 6) is 0.290. The number of carbonyl (C=O) groups excluding carboxylic acids is 2. The number of amides is 1. The number of carbonyl (C=O) groups is 2. The van der Waals surface area contributed by atoms with Crippen LogP contribution in [0, 0.1) is 5.92 Å². The van der Waals surface area contributed by atoms with E-state index in [4.69, 9.17) is 0 Å². The molecule has 0 heterocycles. The van der Waals surface area contributed by atoms with Crippen LogP contribution in [0.4, 0.5) is 0 Å². The molecule has 0 saturated heterocycles. The maximum absolute atomic E-state index is 12.2. The topological polar surface area (TPSA) is 46.2 Å². The minimum absolute atomic E-state index is 0.00588.